The molecule has 486 valence electrons. The third-order valence-electron chi connectivity index (χ3n) is 19.3. The van der Waals surface area contributed by atoms with Crippen LogP contribution in [-0.4, -0.2) is 39.9 Å². The van der Waals surface area contributed by atoms with Gasteiger partial charge in [-0.15, -0.1) is 22.7 Å². The average Bonchev–Trinajstić information content (AvgIpc) is 1.15. The summed E-state index contributed by atoms with van der Waals surface area (Å²) in [6, 6.07) is 113. The molecule has 0 unspecified atom stereocenters. The maximum Gasteiger partial charge on any atom is 0.228 e. The van der Waals surface area contributed by atoms with Crippen LogP contribution in [0.2, 0.25) is 0 Å². The van der Waals surface area contributed by atoms with Gasteiger partial charge >= 0.3 is 0 Å². The van der Waals surface area contributed by atoms with Crippen LogP contribution in [0.4, 0.5) is 0 Å². The number of para-hydroxylation sites is 4. The molecule has 21 aromatic rings. The van der Waals surface area contributed by atoms with E-state index in [1.807, 2.05) is 109 Å². The lowest BCUT2D eigenvalue weighted by atomic mass is 9.93. The van der Waals surface area contributed by atoms with E-state index in [0.29, 0.717) is 46.7 Å². The van der Waals surface area contributed by atoms with Crippen LogP contribution in [0.3, 0.4) is 0 Å². The molecule has 0 bridgehead atoms. The van der Waals surface area contributed by atoms with E-state index in [4.69, 9.17) is 48.7 Å². The van der Waals surface area contributed by atoms with Crippen LogP contribution in [0.15, 0.2) is 336 Å². The van der Waals surface area contributed by atoms with Crippen molar-refractivity contribution in [3.05, 3.63) is 328 Å². The Kier molecular flexibility index (Phi) is 14.7. The van der Waals surface area contributed by atoms with Crippen LogP contribution in [-0.2, 0) is 0 Å². The van der Waals surface area contributed by atoms with Gasteiger partial charge in [-0.25, -0.2) is 39.9 Å². The van der Waals surface area contributed by atoms with Gasteiger partial charge in [0.15, 0.2) is 46.1 Å². The second-order valence-electron chi connectivity index (χ2n) is 25.6. The third kappa shape index (κ3) is 10.7. The quantitative estimate of drug-likeness (QED) is 0.122. The smallest absolute Gasteiger partial charge is 0.228 e. The van der Waals surface area contributed by atoms with E-state index in [0.717, 1.165) is 129 Å². The predicted molar refractivity (Wildman–Crippen MR) is 427 cm³/mol. The number of benzene rings is 15. The second kappa shape index (κ2) is 25.3. The number of aromatic nitrogens is 8. The highest BCUT2D eigenvalue weighted by molar-refractivity contribution is 7.27. The van der Waals surface area contributed by atoms with Crippen molar-refractivity contribution in [1.29, 1.82) is 0 Å². The van der Waals surface area contributed by atoms with Crippen LogP contribution in [0.1, 0.15) is 0 Å². The lowest BCUT2D eigenvalue weighted by molar-refractivity contribution is 0.620. The summed E-state index contributed by atoms with van der Waals surface area (Å²) in [6.45, 7) is 0. The number of hydrogen-bond acceptors (Lipinski definition) is 12. The number of oxazole rings is 2. The van der Waals surface area contributed by atoms with Crippen LogP contribution < -0.4 is 0 Å². The minimum atomic E-state index is 0.612. The lowest BCUT2D eigenvalue weighted by Crippen LogP contribution is -2.01. The average molecular weight is 1370 g/mol. The first-order valence-electron chi connectivity index (χ1n) is 34.4. The molecule has 0 amide bonds. The topological polar surface area (TPSA) is 129 Å². The van der Waals surface area contributed by atoms with Gasteiger partial charge in [0.25, 0.3) is 0 Å². The number of thiophene rings is 2. The Hall–Kier alpha value is -13.5. The van der Waals surface area contributed by atoms with E-state index >= 15 is 0 Å². The van der Waals surface area contributed by atoms with Gasteiger partial charge in [-0.05, 0) is 127 Å². The van der Waals surface area contributed by atoms with Crippen molar-refractivity contribution in [2.75, 3.05) is 0 Å². The van der Waals surface area contributed by atoms with Gasteiger partial charge in [-0.3, -0.25) is 0 Å². The molecule has 104 heavy (non-hydrogen) atoms. The van der Waals surface area contributed by atoms with Crippen LogP contribution in [0.25, 0.3) is 208 Å². The fourth-order valence-corrected chi connectivity index (χ4v) is 16.9. The Morgan fingerprint density at radius 1 is 0.202 bits per heavy atom. The molecule has 0 aliphatic rings. The zero-order valence-electron chi connectivity index (χ0n) is 55.4. The Balaban J connectivity index is 0.000000139. The monoisotopic (exact) mass is 1370 g/mol. The zero-order chi connectivity index (χ0) is 68.6. The maximum absolute atomic E-state index is 6.25. The lowest BCUT2D eigenvalue weighted by Gasteiger charge is -2.13. The summed E-state index contributed by atoms with van der Waals surface area (Å²) >= 11 is 3.47. The summed E-state index contributed by atoms with van der Waals surface area (Å²) < 4.78 is 17.0. The van der Waals surface area contributed by atoms with E-state index in [2.05, 4.69) is 218 Å². The van der Waals surface area contributed by atoms with Crippen LogP contribution in [0, 0.1) is 0 Å². The van der Waals surface area contributed by atoms with E-state index in [-0.39, 0.29) is 0 Å². The normalized spacial score (nSPS) is 11.7. The van der Waals surface area contributed by atoms with Gasteiger partial charge in [-0.2, -0.15) is 0 Å². The molecule has 0 radical (unpaired) electrons. The highest BCUT2D eigenvalue weighted by Gasteiger charge is 2.24. The Bertz CT molecular complexity index is 6780. The molecule has 0 aliphatic carbocycles. The molecule has 21 rings (SSSR count). The van der Waals surface area contributed by atoms with Gasteiger partial charge < -0.3 is 8.83 Å². The van der Waals surface area contributed by atoms with E-state index in [9.17, 15) is 0 Å². The number of rotatable bonds is 10. The Labute approximate surface area is 603 Å². The standard InChI is InChI=1S/C46H26N4OS.C46H28N4OS/c1-2-12-27(13-3-1)43-48-44(28-24-25-33-31-16-5-4-14-29(31)30-15-6-7-17-32(30)37(33)26-28)50-45(49-43)35-19-11-23-40-41(35)34-18-10-20-36(42(34)52-40)46-47-38-21-8-9-22-39(38)51-46;1-4-14-29(15-5-1)32-26-33(30-16-6-2-7-17-30)28-34(27-32)44-48-43(31-18-8-3-9-19-31)49-45(50-44)36-21-13-25-40-41(36)35-20-12-22-37(42(35)52-40)46-47-38-23-10-11-24-39(38)51-46/h1-26H;1-28H. The molecule has 12 heteroatoms. The van der Waals surface area contributed by atoms with Gasteiger partial charge in [0.2, 0.25) is 11.8 Å². The molecule has 10 nitrogen and oxygen atoms in total. The molecule has 6 heterocycles. The molecule has 0 atom stereocenters. The molecule has 0 aliphatic heterocycles. The maximum atomic E-state index is 6.25. The Morgan fingerprint density at radius 3 is 0.990 bits per heavy atom. The number of hydrogen-bond donors (Lipinski definition) is 0. The number of nitrogens with zero attached hydrogens (tertiary/aromatic N) is 8. The van der Waals surface area contributed by atoms with Crippen molar-refractivity contribution in [2.24, 2.45) is 0 Å². The largest absolute Gasteiger partial charge is 0.436 e. The van der Waals surface area contributed by atoms with Crippen molar-refractivity contribution < 1.29 is 8.83 Å². The first kappa shape index (κ1) is 60.4. The van der Waals surface area contributed by atoms with Crippen molar-refractivity contribution in [2.45, 2.75) is 0 Å². The minimum absolute atomic E-state index is 0.612. The molecule has 0 fully saturated rings. The first-order chi connectivity index (χ1) is 51.5. The molecule has 15 aromatic carbocycles. The highest BCUT2D eigenvalue weighted by atomic mass is 32.1. The fraction of sp³-hybridized carbons (Fsp3) is 0. The summed E-state index contributed by atoms with van der Waals surface area (Å²) in [5, 5.41) is 11.7. The van der Waals surface area contributed by atoms with E-state index in [1.54, 1.807) is 22.7 Å². The Morgan fingerprint density at radius 2 is 0.538 bits per heavy atom. The molecule has 0 saturated carbocycles. The summed E-state index contributed by atoms with van der Waals surface area (Å²) in [7, 11) is 0. The highest BCUT2D eigenvalue weighted by Crippen LogP contribution is 2.47. The summed E-state index contributed by atoms with van der Waals surface area (Å²) in [6.07, 6.45) is 0. The molecule has 6 aromatic heterocycles. The van der Waals surface area contributed by atoms with Gasteiger partial charge in [-0.1, -0.05) is 255 Å². The van der Waals surface area contributed by atoms with Gasteiger partial charge in [0.05, 0.1) is 11.1 Å². The first-order valence-corrected chi connectivity index (χ1v) is 36.0. The van der Waals surface area contributed by atoms with Gasteiger partial charge in [0, 0.05) is 73.7 Å². The fourth-order valence-electron chi connectivity index (χ4n) is 14.5. The van der Waals surface area contributed by atoms with Gasteiger partial charge in [0.1, 0.15) is 11.0 Å². The molecular weight excluding hydrogens is 1310 g/mol. The van der Waals surface area contributed by atoms with Crippen molar-refractivity contribution in [3.63, 3.8) is 0 Å². The summed E-state index contributed by atoms with van der Waals surface area (Å²) in [5.41, 5.74) is 15.2. The summed E-state index contributed by atoms with van der Waals surface area (Å²) in [5.74, 6) is 4.97. The molecule has 0 spiro atoms. The minimum Gasteiger partial charge on any atom is -0.436 e. The summed E-state index contributed by atoms with van der Waals surface area (Å²) in [4.78, 5) is 40.7. The van der Waals surface area contributed by atoms with Crippen LogP contribution >= 0.6 is 22.7 Å². The number of fused-ring (bicyclic) bond motifs is 14. The van der Waals surface area contributed by atoms with Crippen molar-refractivity contribution >= 4 is 118 Å². The molecule has 0 saturated heterocycles. The zero-order valence-corrected chi connectivity index (χ0v) is 57.0. The van der Waals surface area contributed by atoms with E-state index < -0.39 is 0 Å². The third-order valence-corrected chi connectivity index (χ3v) is 21.7. The predicted octanol–water partition coefficient (Wildman–Crippen LogP) is 24.9. The van der Waals surface area contributed by atoms with E-state index in [1.165, 1.54) is 32.3 Å². The van der Waals surface area contributed by atoms with Crippen LogP contribution in [0.5, 0.6) is 0 Å². The van der Waals surface area contributed by atoms with Crippen molar-refractivity contribution in [3.8, 4) is 113 Å². The molecular formula is C92H54N8O2S2. The van der Waals surface area contributed by atoms with Crippen molar-refractivity contribution in [1.82, 2.24) is 39.9 Å². The molecule has 0 N–H and O–H groups in total. The SMILES string of the molecule is c1ccc(-c2cc(-c3ccccc3)cc(-c3nc(-c4ccccc4)nc(-c4cccc5sc6c(-c7nc8ccccc8o7)cccc6c45)n3)c2)cc1.c1ccc(-c2nc(-c3ccc4c5ccccc5c5ccccc5c4c3)nc(-c3cccc4sc5c(-c6nc7ccccc7o6)cccc5c34)n2)cc1. The second-order valence-corrected chi connectivity index (χ2v) is 27.7.